The summed E-state index contributed by atoms with van der Waals surface area (Å²) in [5.41, 5.74) is -0.125. The van der Waals surface area contributed by atoms with E-state index < -0.39 is 0 Å². The molecule has 0 saturated carbocycles. The van der Waals surface area contributed by atoms with Crippen molar-refractivity contribution in [3.63, 3.8) is 0 Å². The Morgan fingerprint density at radius 1 is 1.64 bits per heavy atom. The lowest BCUT2D eigenvalue weighted by Gasteiger charge is -2.25. The summed E-state index contributed by atoms with van der Waals surface area (Å²) in [5.74, 6) is 0.343. The molecule has 2 N–H and O–H groups in total. The molecule has 80 valence electrons. The number of rotatable bonds is 2. The number of ether oxygens (including phenoxy) is 1. The maximum atomic E-state index is 11.8. The summed E-state index contributed by atoms with van der Waals surface area (Å²) in [6, 6.07) is 0. The summed E-state index contributed by atoms with van der Waals surface area (Å²) in [6.45, 7) is 5.26. The molecule has 0 radical (unpaired) electrons. The number of carbonyl (C=O) groups excluding carboxylic acids is 1. The molecular weight excluding hydrogens is 180 g/mol. The van der Waals surface area contributed by atoms with Gasteiger partial charge in [-0.25, -0.2) is 0 Å². The zero-order valence-corrected chi connectivity index (χ0v) is 8.64. The zero-order valence-electron chi connectivity index (χ0n) is 8.64. The molecule has 14 heavy (non-hydrogen) atoms. The third-order valence-corrected chi connectivity index (χ3v) is 3.07. The number of nitrogens with one attached hydrogen (secondary N) is 2. The fourth-order valence-electron chi connectivity index (χ4n) is 2.04. The van der Waals surface area contributed by atoms with Crippen molar-refractivity contribution in [2.24, 2.45) is 5.92 Å². The fraction of sp³-hybridized carbons (Fsp3) is 0.900. The van der Waals surface area contributed by atoms with Crippen molar-refractivity contribution in [2.45, 2.75) is 25.3 Å². The highest BCUT2D eigenvalue weighted by Crippen LogP contribution is 2.19. The lowest BCUT2D eigenvalue weighted by atomic mass is 9.99. The van der Waals surface area contributed by atoms with Crippen LogP contribution in [0.1, 0.15) is 19.8 Å². The monoisotopic (exact) mass is 198 g/mol. The first-order chi connectivity index (χ1) is 6.70. The van der Waals surface area contributed by atoms with Crippen LogP contribution in [0.4, 0.5) is 0 Å². The van der Waals surface area contributed by atoms with E-state index in [2.05, 4.69) is 17.6 Å². The maximum absolute atomic E-state index is 11.8. The molecule has 4 heteroatoms. The van der Waals surface area contributed by atoms with Gasteiger partial charge < -0.3 is 15.4 Å². The van der Waals surface area contributed by atoms with Gasteiger partial charge in [0.05, 0.1) is 18.1 Å². The van der Waals surface area contributed by atoms with Gasteiger partial charge in [0.15, 0.2) is 0 Å². The van der Waals surface area contributed by atoms with Crippen molar-refractivity contribution >= 4 is 5.91 Å². The second-order valence-electron chi connectivity index (χ2n) is 4.54. The summed E-state index contributed by atoms with van der Waals surface area (Å²) >= 11 is 0. The summed E-state index contributed by atoms with van der Waals surface area (Å²) < 4.78 is 5.29. The molecule has 2 aliphatic rings. The van der Waals surface area contributed by atoms with Gasteiger partial charge in [-0.3, -0.25) is 4.79 Å². The lowest BCUT2D eigenvalue weighted by Crippen LogP contribution is -2.49. The fourth-order valence-corrected chi connectivity index (χ4v) is 2.04. The molecular formula is C10H18N2O2. The van der Waals surface area contributed by atoms with Crippen LogP contribution >= 0.6 is 0 Å². The Hall–Kier alpha value is -0.610. The average molecular weight is 198 g/mol. The summed E-state index contributed by atoms with van der Waals surface area (Å²) in [7, 11) is 0. The third-order valence-electron chi connectivity index (χ3n) is 3.07. The van der Waals surface area contributed by atoms with Crippen LogP contribution in [0.5, 0.6) is 0 Å². The SMILES string of the molecule is CC1(NC(=O)[C@@H]2CCNC2)CCOC1. The predicted octanol–water partition coefficient (Wildman–Crippen LogP) is -0.109. The quantitative estimate of drug-likeness (QED) is 0.651. The summed E-state index contributed by atoms with van der Waals surface area (Å²) in [6.07, 6.45) is 1.89. The van der Waals surface area contributed by atoms with E-state index in [9.17, 15) is 4.79 Å². The van der Waals surface area contributed by atoms with Crippen molar-refractivity contribution in [2.75, 3.05) is 26.3 Å². The van der Waals surface area contributed by atoms with Gasteiger partial charge in [-0.05, 0) is 26.3 Å². The molecule has 0 aliphatic carbocycles. The van der Waals surface area contributed by atoms with Gasteiger partial charge in [-0.2, -0.15) is 0 Å². The van der Waals surface area contributed by atoms with Crippen molar-refractivity contribution in [1.82, 2.24) is 10.6 Å². The lowest BCUT2D eigenvalue weighted by molar-refractivity contribution is -0.126. The Morgan fingerprint density at radius 2 is 2.50 bits per heavy atom. The zero-order chi connectivity index (χ0) is 10.0. The van der Waals surface area contributed by atoms with Crippen molar-refractivity contribution in [1.29, 1.82) is 0 Å². The molecule has 2 rings (SSSR count). The smallest absolute Gasteiger partial charge is 0.224 e. The molecule has 0 aromatic rings. The average Bonchev–Trinajstić information content (AvgIpc) is 2.74. The van der Waals surface area contributed by atoms with Gasteiger partial charge in [0.2, 0.25) is 5.91 Å². The van der Waals surface area contributed by atoms with Crippen molar-refractivity contribution in [3.05, 3.63) is 0 Å². The van der Waals surface area contributed by atoms with E-state index in [1.807, 2.05) is 0 Å². The first-order valence-electron chi connectivity index (χ1n) is 5.30. The van der Waals surface area contributed by atoms with E-state index in [1.54, 1.807) is 0 Å². The molecule has 2 atom stereocenters. The van der Waals surface area contributed by atoms with Gasteiger partial charge in [-0.1, -0.05) is 0 Å². The first-order valence-corrected chi connectivity index (χ1v) is 5.30. The van der Waals surface area contributed by atoms with Gasteiger partial charge >= 0.3 is 0 Å². The van der Waals surface area contributed by atoms with E-state index in [-0.39, 0.29) is 17.4 Å². The Morgan fingerprint density at radius 3 is 3.07 bits per heavy atom. The van der Waals surface area contributed by atoms with E-state index in [1.165, 1.54) is 0 Å². The van der Waals surface area contributed by atoms with Crippen LogP contribution in [0, 0.1) is 5.92 Å². The van der Waals surface area contributed by atoms with E-state index in [0.29, 0.717) is 6.61 Å². The highest BCUT2D eigenvalue weighted by Gasteiger charge is 2.34. The van der Waals surface area contributed by atoms with Crippen molar-refractivity contribution < 1.29 is 9.53 Å². The number of amides is 1. The minimum absolute atomic E-state index is 0.125. The molecule has 4 nitrogen and oxygen atoms in total. The molecule has 2 aliphatic heterocycles. The van der Waals surface area contributed by atoms with Gasteiger partial charge in [0.1, 0.15) is 0 Å². The van der Waals surface area contributed by atoms with Crippen LogP contribution in [0.25, 0.3) is 0 Å². The van der Waals surface area contributed by atoms with Crippen molar-refractivity contribution in [3.8, 4) is 0 Å². The third kappa shape index (κ3) is 2.07. The number of carbonyl (C=O) groups is 1. The topological polar surface area (TPSA) is 50.4 Å². The largest absolute Gasteiger partial charge is 0.379 e. The summed E-state index contributed by atoms with van der Waals surface area (Å²) in [5, 5.41) is 6.29. The predicted molar refractivity (Wildman–Crippen MR) is 53.0 cm³/mol. The van der Waals surface area contributed by atoms with Crippen LogP contribution in [0.2, 0.25) is 0 Å². The minimum Gasteiger partial charge on any atom is -0.379 e. The molecule has 1 amide bonds. The first kappa shape index (κ1) is 9.93. The second-order valence-corrected chi connectivity index (χ2v) is 4.54. The Labute approximate surface area is 84.4 Å². The Bertz CT molecular complexity index is 218. The van der Waals surface area contributed by atoms with Gasteiger partial charge in [-0.15, -0.1) is 0 Å². The highest BCUT2D eigenvalue weighted by atomic mass is 16.5. The molecule has 2 heterocycles. The molecule has 2 fully saturated rings. The molecule has 1 unspecified atom stereocenters. The van der Waals surface area contributed by atoms with E-state index >= 15 is 0 Å². The van der Waals surface area contributed by atoms with Gasteiger partial charge in [0, 0.05) is 13.2 Å². The van der Waals surface area contributed by atoms with E-state index in [0.717, 1.165) is 32.5 Å². The van der Waals surface area contributed by atoms with E-state index in [4.69, 9.17) is 4.74 Å². The number of hydrogen-bond acceptors (Lipinski definition) is 3. The molecule has 0 bridgehead atoms. The summed E-state index contributed by atoms with van der Waals surface area (Å²) in [4.78, 5) is 11.8. The second kappa shape index (κ2) is 3.87. The van der Waals surface area contributed by atoms with Crippen LogP contribution in [-0.2, 0) is 9.53 Å². The normalized spacial score (nSPS) is 37.4. The van der Waals surface area contributed by atoms with Crippen LogP contribution < -0.4 is 10.6 Å². The molecule has 2 saturated heterocycles. The molecule has 0 aromatic heterocycles. The van der Waals surface area contributed by atoms with Crippen LogP contribution in [-0.4, -0.2) is 37.7 Å². The minimum atomic E-state index is -0.125. The van der Waals surface area contributed by atoms with Crippen LogP contribution in [0.3, 0.4) is 0 Å². The molecule has 0 aromatic carbocycles. The standard InChI is InChI=1S/C10H18N2O2/c1-10(3-5-14-7-10)12-9(13)8-2-4-11-6-8/h8,11H,2-7H2,1H3,(H,12,13)/t8-,10?/m1/s1. The Kier molecular flexibility index (Phi) is 2.74. The highest BCUT2D eigenvalue weighted by molar-refractivity contribution is 5.80. The maximum Gasteiger partial charge on any atom is 0.224 e. The van der Waals surface area contributed by atoms with Gasteiger partial charge in [0.25, 0.3) is 0 Å². The number of hydrogen-bond donors (Lipinski definition) is 2. The van der Waals surface area contributed by atoms with Crippen LogP contribution in [0.15, 0.2) is 0 Å². The Balaban J connectivity index is 1.86. The molecule has 0 spiro atoms.